The first-order valence-corrected chi connectivity index (χ1v) is 8.42. The van der Waals surface area contributed by atoms with Crippen LogP contribution in [-0.4, -0.2) is 30.5 Å². The summed E-state index contributed by atoms with van der Waals surface area (Å²) in [6.07, 6.45) is -0.605. The van der Waals surface area contributed by atoms with E-state index in [9.17, 15) is 4.79 Å². The molecular weight excluding hydrogens is 388 g/mol. The van der Waals surface area contributed by atoms with Crippen molar-refractivity contribution >= 4 is 27.7 Å². The molecule has 1 unspecified atom stereocenters. The monoisotopic (exact) mass is 404 g/mol. The molecule has 0 aromatic heterocycles. The molecule has 0 aliphatic carbocycles. The number of hydrazone groups is 1. The summed E-state index contributed by atoms with van der Waals surface area (Å²) in [5.41, 5.74) is 0.804. The van der Waals surface area contributed by atoms with E-state index < -0.39 is 6.23 Å². The lowest BCUT2D eigenvalue weighted by Crippen LogP contribution is -2.25. The van der Waals surface area contributed by atoms with Crippen LogP contribution < -0.4 is 9.47 Å². The van der Waals surface area contributed by atoms with Gasteiger partial charge in [-0.15, -0.1) is 5.10 Å². The van der Waals surface area contributed by atoms with Gasteiger partial charge in [-0.3, -0.25) is 4.79 Å². The molecular formula is C18H17BrN2O4. The molecule has 1 aliphatic heterocycles. The van der Waals surface area contributed by atoms with E-state index >= 15 is 0 Å². The number of carbonyl (C=O) groups is 1. The number of ether oxygens (including phenoxy) is 3. The Bertz CT molecular complexity index is 775. The molecule has 7 heteroatoms. The summed E-state index contributed by atoms with van der Waals surface area (Å²) in [7, 11) is 1.60. The summed E-state index contributed by atoms with van der Waals surface area (Å²) in [6, 6.07) is 14.7. The zero-order valence-corrected chi connectivity index (χ0v) is 15.4. The van der Waals surface area contributed by atoms with Crippen LogP contribution in [0.15, 0.2) is 58.1 Å². The first-order valence-electron chi connectivity index (χ1n) is 7.63. The largest absolute Gasteiger partial charge is 0.497 e. The Morgan fingerprint density at radius 2 is 1.80 bits per heavy atom. The molecule has 3 rings (SSSR count). The van der Waals surface area contributed by atoms with Crippen molar-refractivity contribution in [3.05, 3.63) is 58.6 Å². The van der Waals surface area contributed by atoms with Crippen LogP contribution in [0, 0.1) is 0 Å². The molecule has 6 nitrogen and oxygen atoms in total. The second-order valence-electron chi connectivity index (χ2n) is 5.34. The standard InChI is InChI=1S/C18H17BrN2O4/c1-12(22)21-18(13-3-7-15(23-2)8-4-13)25-17(20-21)11-24-16-9-5-14(19)6-10-16/h3-10,18H,11H2,1-2H3. The maximum absolute atomic E-state index is 11.9. The molecule has 25 heavy (non-hydrogen) atoms. The normalized spacial score (nSPS) is 16.2. The van der Waals surface area contributed by atoms with E-state index in [0.717, 1.165) is 15.8 Å². The van der Waals surface area contributed by atoms with Gasteiger partial charge in [-0.05, 0) is 48.5 Å². The third-order valence-electron chi connectivity index (χ3n) is 3.59. The highest BCUT2D eigenvalue weighted by molar-refractivity contribution is 9.10. The lowest BCUT2D eigenvalue weighted by atomic mass is 10.2. The second kappa shape index (κ2) is 7.57. The van der Waals surface area contributed by atoms with Crippen molar-refractivity contribution in [1.82, 2.24) is 5.01 Å². The maximum atomic E-state index is 11.9. The van der Waals surface area contributed by atoms with Gasteiger partial charge in [0.05, 0.1) is 7.11 Å². The summed E-state index contributed by atoms with van der Waals surface area (Å²) in [5.74, 6) is 1.56. The fourth-order valence-corrected chi connectivity index (χ4v) is 2.59. The van der Waals surface area contributed by atoms with Crippen LogP contribution in [-0.2, 0) is 9.53 Å². The van der Waals surface area contributed by atoms with Crippen molar-refractivity contribution in [2.45, 2.75) is 13.2 Å². The summed E-state index contributed by atoms with van der Waals surface area (Å²) in [4.78, 5) is 11.9. The molecule has 1 atom stereocenters. The summed E-state index contributed by atoms with van der Waals surface area (Å²) in [6.45, 7) is 1.58. The number of amides is 1. The number of hydrogen-bond acceptors (Lipinski definition) is 5. The van der Waals surface area contributed by atoms with Gasteiger partial charge in [-0.2, -0.15) is 5.01 Å². The Balaban J connectivity index is 1.70. The van der Waals surface area contributed by atoms with Gasteiger partial charge in [0.25, 0.3) is 0 Å². The highest BCUT2D eigenvalue weighted by Crippen LogP contribution is 2.29. The number of rotatable bonds is 5. The third-order valence-corrected chi connectivity index (χ3v) is 4.12. The Morgan fingerprint density at radius 1 is 1.16 bits per heavy atom. The van der Waals surface area contributed by atoms with Gasteiger partial charge < -0.3 is 14.2 Å². The predicted molar refractivity (Wildman–Crippen MR) is 96.4 cm³/mol. The Labute approximate surface area is 154 Å². The minimum absolute atomic E-state index is 0.137. The predicted octanol–water partition coefficient (Wildman–Crippen LogP) is 3.73. The van der Waals surface area contributed by atoms with E-state index in [1.54, 1.807) is 7.11 Å². The van der Waals surface area contributed by atoms with Crippen molar-refractivity contribution in [1.29, 1.82) is 0 Å². The maximum Gasteiger partial charge on any atom is 0.247 e. The van der Waals surface area contributed by atoms with Crippen LogP contribution >= 0.6 is 15.9 Å². The third kappa shape index (κ3) is 4.11. The summed E-state index contributed by atoms with van der Waals surface area (Å²) < 4.78 is 17.6. The topological polar surface area (TPSA) is 60.4 Å². The zero-order chi connectivity index (χ0) is 17.8. The number of halogens is 1. The fraction of sp³-hybridized carbons (Fsp3) is 0.222. The molecule has 0 spiro atoms. The average molecular weight is 405 g/mol. The minimum atomic E-state index is -0.605. The molecule has 1 aliphatic rings. The van der Waals surface area contributed by atoms with Crippen LogP contribution in [0.2, 0.25) is 0 Å². The van der Waals surface area contributed by atoms with E-state index in [2.05, 4.69) is 21.0 Å². The first-order chi connectivity index (χ1) is 12.1. The Hall–Kier alpha value is -2.54. The second-order valence-corrected chi connectivity index (χ2v) is 6.26. The van der Waals surface area contributed by atoms with Crippen LogP contribution in [0.5, 0.6) is 11.5 Å². The van der Waals surface area contributed by atoms with Crippen LogP contribution in [0.3, 0.4) is 0 Å². The molecule has 0 fully saturated rings. The molecule has 1 amide bonds. The van der Waals surface area contributed by atoms with Gasteiger partial charge in [0.15, 0.2) is 6.61 Å². The van der Waals surface area contributed by atoms with Gasteiger partial charge in [0, 0.05) is 17.0 Å². The van der Waals surface area contributed by atoms with Gasteiger partial charge in [0.2, 0.25) is 18.0 Å². The summed E-state index contributed by atoms with van der Waals surface area (Å²) in [5, 5.41) is 5.54. The van der Waals surface area contributed by atoms with Crippen molar-refractivity contribution in [2.75, 3.05) is 13.7 Å². The molecule has 130 valence electrons. The quantitative estimate of drug-likeness (QED) is 0.761. The smallest absolute Gasteiger partial charge is 0.247 e. The van der Waals surface area contributed by atoms with E-state index in [1.807, 2.05) is 48.5 Å². The SMILES string of the molecule is COc1ccc(C2OC(COc3ccc(Br)cc3)=NN2C(C)=O)cc1. The minimum Gasteiger partial charge on any atom is -0.497 e. The number of carbonyl (C=O) groups excluding carboxylic acids is 1. The van der Waals surface area contributed by atoms with Gasteiger partial charge in [-0.1, -0.05) is 15.9 Å². The molecule has 2 aromatic rings. The molecule has 0 saturated heterocycles. The lowest BCUT2D eigenvalue weighted by Gasteiger charge is -2.19. The van der Waals surface area contributed by atoms with Crippen LogP contribution in [0.4, 0.5) is 0 Å². The van der Waals surface area contributed by atoms with Crippen molar-refractivity contribution in [2.24, 2.45) is 5.10 Å². The number of hydrogen-bond donors (Lipinski definition) is 0. The summed E-state index contributed by atoms with van der Waals surface area (Å²) >= 11 is 3.37. The number of benzene rings is 2. The highest BCUT2D eigenvalue weighted by Gasteiger charge is 2.32. The van der Waals surface area contributed by atoms with Crippen molar-refractivity contribution < 1.29 is 19.0 Å². The van der Waals surface area contributed by atoms with Gasteiger partial charge in [-0.25, -0.2) is 0 Å². The van der Waals surface area contributed by atoms with Gasteiger partial charge in [0.1, 0.15) is 11.5 Å². The molecule has 0 bridgehead atoms. The van der Waals surface area contributed by atoms with E-state index in [-0.39, 0.29) is 12.5 Å². The molecule has 0 saturated carbocycles. The molecule has 1 heterocycles. The van der Waals surface area contributed by atoms with Crippen LogP contribution in [0.25, 0.3) is 0 Å². The Kier molecular flexibility index (Phi) is 5.23. The fourth-order valence-electron chi connectivity index (χ4n) is 2.33. The molecule has 0 radical (unpaired) electrons. The zero-order valence-electron chi connectivity index (χ0n) is 13.8. The van der Waals surface area contributed by atoms with Crippen LogP contribution in [0.1, 0.15) is 18.7 Å². The lowest BCUT2D eigenvalue weighted by molar-refractivity contribution is -0.135. The number of methoxy groups -OCH3 is 1. The van der Waals surface area contributed by atoms with E-state index in [1.165, 1.54) is 11.9 Å². The Morgan fingerprint density at radius 3 is 2.40 bits per heavy atom. The highest BCUT2D eigenvalue weighted by atomic mass is 79.9. The van der Waals surface area contributed by atoms with Crippen molar-refractivity contribution in [3.63, 3.8) is 0 Å². The van der Waals surface area contributed by atoms with Gasteiger partial charge >= 0.3 is 0 Å². The van der Waals surface area contributed by atoms with E-state index in [0.29, 0.717) is 11.6 Å². The van der Waals surface area contributed by atoms with Crippen molar-refractivity contribution in [3.8, 4) is 11.5 Å². The molecule has 0 N–H and O–H groups in total. The van der Waals surface area contributed by atoms with E-state index in [4.69, 9.17) is 14.2 Å². The number of nitrogens with zero attached hydrogens (tertiary/aromatic N) is 2. The first kappa shape index (κ1) is 17.3. The molecule has 2 aromatic carbocycles. The average Bonchev–Trinajstić information content (AvgIpc) is 3.06.